The summed E-state index contributed by atoms with van der Waals surface area (Å²) in [6.45, 7) is 2.24. The van der Waals surface area contributed by atoms with Crippen LogP contribution in [-0.4, -0.2) is 27.4 Å². The predicted octanol–water partition coefficient (Wildman–Crippen LogP) is 0.246. The minimum absolute atomic E-state index is 0.0586. The Morgan fingerprint density at radius 1 is 1.79 bits per heavy atom. The van der Waals surface area contributed by atoms with E-state index >= 15 is 0 Å². The van der Waals surface area contributed by atoms with E-state index in [2.05, 4.69) is 5.10 Å². The van der Waals surface area contributed by atoms with Crippen molar-refractivity contribution in [3.63, 3.8) is 0 Å². The second kappa shape index (κ2) is 4.23. The molecule has 1 atom stereocenters. The minimum Gasteiger partial charge on any atom is -0.481 e. The van der Waals surface area contributed by atoms with E-state index in [0.29, 0.717) is 6.54 Å². The number of aryl methyl sites for hydroxylation is 1. The number of carboxylic acids is 1. The Morgan fingerprint density at radius 3 is 2.79 bits per heavy atom. The molecule has 0 spiro atoms. The molecule has 0 bridgehead atoms. The maximum absolute atomic E-state index is 10.6. The number of carboxylic acid groups (broad SMARTS) is 1. The number of nitrogens with two attached hydrogens (primary N) is 1. The summed E-state index contributed by atoms with van der Waals surface area (Å²) in [4.78, 5) is 10.6. The lowest BCUT2D eigenvalue weighted by atomic mass is 9.97. The van der Waals surface area contributed by atoms with Gasteiger partial charge in [-0.3, -0.25) is 9.48 Å². The molecular weight excluding hydrogens is 182 g/mol. The van der Waals surface area contributed by atoms with Gasteiger partial charge in [-0.25, -0.2) is 0 Å². The van der Waals surface area contributed by atoms with Gasteiger partial charge in [-0.2, -0.15) is 5.10 Å². The van der Waals surface area contributed by atoms with Gasteiger partial charge in [0.25, 0.3) is 0 Å². The van der Waals surface area contributed by atoms with Crippen LogP contribution in [0.15, 0.2) is 6.20 Å². The summed E-state index contributed by atoms with van der Waals surface area (Å²) >= 11 is 0. The van der Waals surface area contributed by atoms with Crippen LogP contribution in [0.25, 0.3) is 0 Å². The van der Waals surface area contributed by atoms with Crippen molar-refractivity contribution in [2.24, 2.45) is 12.8 Å². The van der Waals surface area contributed by atoms with Crippen LogP contribution in [0.3, 0.4) is 0 Å². The average molecular weight is 197 g/mol. The molecule has 0 amide bonds. The number of hydrogen-bond acceptors (Lipinski definition) is 3. The molecule has 5 heteroatoms. The summed E-state index contributed by atoms with van der Waals surface area (Å²) in [6, 6.07) is 0. The zero-order chi connectivity index (χ0) is 10.7. The first-order valence-electron chi connectivity index (χ1n) is 4.46. The lowest BCUT2D eigenvalue weighted by Crippen LogP contribution is -2.16. The molecule has 0 saturated heterocycles. The van der Waals surface area contributed by atoms with Gasteiger partial charge in [0, 0.05) is 18.7 Å². The van der Waals surface area contributed by atoms with Crippen LogP contribution < -0.4 is 5.73 Å². The fourth-order valence-electron chi connectivity index (χ4n) is 1.45. The summed E-state index contributed by atoms with van der Waals surface area (Å²) in [5.74, 6) is -0.968. The molecule has 0 radical (unpaired) electrons. The van der Waals surface area contributed by atoms with Crippen LogP contribution in [0, 0.1) is 6.92 Å². The largest absolute Gasteiger partial charge is 0.481 e. The van der Waals surface area contributed by atoms with Gasteiger partial charge in [0.1, 0.15) is 0 Å². The normalized spacial score (nSPS) is 12.8. The highest BCUT2D eigenvalue weighted by molar-refractivity contribution is 5.68. The zero-order valence-corrected chi connectivity index (χ0v) is 8.40. The van der Waals surface area contributed by atoms with Gasteiger partial charge in [0.2, 0.25) is 0 Å². The Kier molecular flexibility index (Phi) is 3.24. The smallest absolute Gasteiger partial charge is 0.304 e. The summed E-state index contributed by atoms with van der Waals surface area (Å²) in [7, 11) is 1.83. The van der Waals surface area contributed by atoms with E-state index in [4.69, 9.17) is 10.8 Å². The lowest BCUT2D eigenvalue weighted by Gasteiger charge is -2.11. The fraction of sp³-hybridized carbons (Fsp3) is 0.556. The maximum Gasteiger partial charge on any atom is 0.304 e. The Morgan fingerprint density at radius 2 is 2.43 bits per heavy atom. The quantitative estimate of drug-likeness (QED) is 0.724. The van der Waals surface area contributed by atoms with Crippen molar-refractivity contribution in [1.29, 1.82) is 0 Å². The van der Waals surface area contributed by atoms with E-state index in [1.807, 2.05) is 14.0 Å². The van der Waals surface area contributed by atoms with Crippen molar-refractivity contribution in [2.45, 2.75) is 19.3 Å². The van der Waals surface area contributed by atoms with Crippen LogP contribution in [0.4, 0.5) is 0 Å². The van der Waals surface area contributed by atoms with Crippen molar-refractivity contribution in [3.05, 3.63) is 17.5 Å². The SMILES string of the molecule is Cc1c(C(CN)CC(=O)O)cnn1C. The standard InChI is InChI=1S/C9H15N3O2/c1-6-8(5-11-12(6)2)7(4-10)3-9(13)14/h5,7H,3-4,10H2,1-2H3,(H,13,14). The Bertz CT molecular complexity index is 333. The first kappa shape index (κ1) is 10.7. The molecule has 3 N–H and O–H groups in total. The van der Waals surface area contributed by atoms with Gasteiger partial charge in [-0.15, -0.1) is 0 Å². The van der Waals surface area contributed by atoms with Crippen molar-refractivity contribution >= 4 is 5.97 Å². The summed E-state index contributed by atoms with van der Waals surface area (Å²) < 4.78 is 1.72. The van der Waals surface area contributed by atoms with Crippen molar-refractivity contribution < 1.29 is 9.90 Å². The third-order valence-corrected chi connectivity index (χ3v) is 2.42. The first-order chi connectivity index (χ1) is 6.56. The predicted molar refractivity (Wildman–Crippen MR) is 52.0 cm³/mol. The molecular formula is C9H15N3O2. The number of nitrogens with zero attached hydrogens (tertiary/aromatic N) is 2. The molecule has 1 unspecified atom stereocenters. The average Bonchev–Trinajstić information content (AvgIpc) is 2.44. The minimum atomic E-state index is -0.830. The topological polar surface area (TPSA) is 81.1 Å². The van der Waals surface area contributed by atoms with Gasteiger partial charge in [-0.1, -0.05) is 0 Å². The molecule has 5 nitrogen and oxygen atoms in total. The molecule has 1 rings (SSSR count). The molecule has 14 heavy (non-hydrogen) atoms. The van der Waals surface area contributed by atoms with Gasteiger partial charge >= 0.3 is 5.97 Å². The summed E-state index contributed by atoms with van der Waals surface area (Å²) in [5, 5.41) is 12.8. The van der Waals surface area contributed by atoms with Crippen LogP contribution in [-0.2, 0) is 11.8 Å². The lowest BCUT2D eigenvalue weighted by molar-refractivity contribution is -0.137. The molecule has 0 aliphatic heterocycles. The highest BCUT2D eigenvalue weighted by Crippen LogP contribution is 2.21. The number of aliphatic carboxylic acids is 1. The van der Waals surface area contributed by atoms with Crippen molar-refractivity contribution in [2.75, 3.05) is 6.54 Å². The highest BCUT2D eigenvalue weighted by Gasteiger charge is 2.18. The number of rotatable bonds is 4. The highest BCUT2D eigenvalue weighted by atomic mass is 16.4. The number of carbonyl (C=O) groups is 1. The van der Waals surface area contributed by atoms with E-state index in [1.54, 1.807) is 10.9 Å². The molecule has 0 aliphatic carbocycles. The van der Waals surface area contributed by atoms with E-state index in [9.17, 15) is 4.79 Å². The fourth-order valence-corrected chi connectivity index (χ4v) is 1.45. The van der Waals surface area contributed by atoms with E-state index in [1.165, 1.54) is 0 Å². The maximum atomic E-state index is 10.6. The first-order valence-corrected chi connectivity index (χ1v) is 4.46. The monoisotopic (exact) mass is 197 g/mol. The Balaban J connectivity index is 2.89. The van der Waals surface area contributed by atoms with Gasteiger partial charge in [0.05, 0.1) is 12.6 Å². The molecule has 0 saturated carbocycles. The molecule has 1 aromatic rings. The Hall–Kier alpha value is -1.36. The number of hydrogen-bond donors (Lipinski definition) is 2. The third kappa shape index (κ3) is 2.11. The van der Waals surface area contributed by atoms with Gasteiger partial charge in [0.15, 0.2) is 0 Å². The molecule has 1 heterocycles. The van der Waals surface area contributed by atoms with Crippen LogP contribution in [0.1, 0.15) is 23.6 Å². The number of aromatic nitrogens is 2. The Labute approximate surface area is 82.5 Å². The molecule has 78 valence electrons. The van der Waals surface area contributed by atoms with E-state index in [-0.39, 0.29) is 12.3 Å². The van der Waals surface area contributed by atoms with E-state index in [0.717, 1.165) is 11.3 Å². The van der Waals surface area contributed by atoms with E-state index < -0.39 is 5.97 Å². The second-order valence-electron chi connectivity index (χ2n) is 3.34. The zero-order valence-electron chi connectivity index (χ0n) is 8.40. The van der Waals surface area contributed by atoms with Crippen LogP contribution >= 0.6 is 0 Å². The third-order valence-electron chi connectivity index (χ3n) is 2.42. The molecule has 1 aromatic heterocycles. The summed E-state index contributed by atoms with van der Waals surface area (Å²) in [6.07, 6.45) is 1.75. The molecule has 0 aromatic carbocycles. The molecule has 0 aliphatic rings. The van der Waals surface area contributed by atoms with Gasteiger partial charge < -0.3 is 10.8 Å². The summed E-state index contributed by atoms with van der Waals surface area (Å²) in [5.41, 5.74) is 7.43. The molecule has 0 fully saturated rings. The van der Waals surface area contributed by atoms with Crippen LogP contribution in [0.2, 0.25) is 0 Å². The van der Waals surface area contributed by atoms with Crippen molar-refractivity contribution in [1.82, 2.24) is 9.78 Å². The van der Waals surface area contributed by atoms with Gasteiger partial charge in [-0.05, 0) is 19.0 Å². The van der Waals surface area contributed by atoms with Crippen LogP contribution in [0.5, 0.6) is 0 Å². The van der Waals surface area contributed by atoms with Crippen molar-refractivity contribution in [3.8, 4) is 0 Å². The second-order valence-corrected chi connectivity index (χ2v) is 3.34.